The number of anilines is 3. The van der Waals surface area contributed by atoms with Crippen molar-refractivity contribution in [1.82, 2.24) is 4.98 Å². The molecule has 0 radical (unpaired) electrons. The van der Waals surface area contributed by atoms with E-state index in [1.165, 1.54) is 5.56 Å². The maximum atomic E-state index is 6.25. The minimum absolute atomic E-state index is 0.770. The first-order chi connectivity index (χ1) is 19.3. The van der Waals surface area contributed by atoms with Crippen LogP contribution < -0.4 is 4.90 Å². The van der Waals surface area contributed by atoms with Crippen molar-refractivity contribution in [2.45, 2.75) is 0 Å². The molecule has 4 nitrogen and oxygen atoms in total. The Hall–Kier alpha value is -5.35. The van der Waals surface area contributed by atoms with Crippen LogP contribution in [0, 0.1) is 0 Å². The molecule has 39 heavy (non-hydrogen) atoms. The van der Waals surface area contributed by atoms with Crippen LogP contribution in [0.2, 0.25) is 0 Å². The molecule has 0 bridgehead atoms. The van der Waals surface area contributed by atoms with Crippen LogP contribution in [0.25, 0.3) is 55.1 Å². The third kappa shape index (κ3) is 3.50. The van der Waals surface area contributed by atoms with Gasteiger partial charge < -0.3 is 8.83 Å². The van der Waals surface area contributed by atoms with E-state index in [0.29, 0.717) is 0 Å². The van der Waals surface area contributed by atoms with Gasteiger partial charge in [-0.2, -0.15) is 0 Å². The maximum Gasteiger partial charge on any atom is 0.154 e. The predicted molar refractivity (Wildman–Crippen MR) is 159 cm³/mol. The number of rotatable bonds is 4. The summed E-state index contributed by atoms with van der Waals surface area (Å²) in [6.45, 7) is 0. The molecule has 0 amide bonds. The van der Waals surface area contributed by atoms with Gasteiger partial charge in [-0.1, -0.05) is 78.9 Å². The lowest BCUT2D eigenvalue weighted by Crippen LogP contribution is -2.11. The highest BCUT2D eigenvalue weighted by Gasteiger charge is 2.21. The lowest BCUT2D eigenvalue weighted by atomic mass is 10.0. The van der Waals surface area contributed by atoms with Gasteiger partial charge in [0.25, 0.3) is 0 Å². The van der Waals surface area contributed by atoms with E-state index >= 15 is 0 Å². The number of nitrogens with zero attached hydrogens (tertiary/aromatic N) is 2. The number of furan rings is 2. The Kier molecular flexibility index (Phi) is 4.79. The van der Waals surface area contributed by atoms with Crippen molar-refractivity contribution in [1.29, 1.82) is 0 Å². The average Bonchev–Trinajstić information content (AvgIpc) is 3.57. The Morgan fingerprint density at radius 1 is 0.462 bits per heavy atom. The fraction of sp³-hybridized carbons (Fsp3) is 0. The number of hydrogen-bond donors (Lipinski definition) is 0. The first-order valence-electron chi connectivity index (χ1n) is 13.0. The van der Waals surface area contributed by atoms with Gasteiger partial charge in [-0.3, -0.25) is 4.90 Å². The summed E-state index contributed by atoms with van der Waals surface area (Å²) in [6, 6.07) is 45.5. The van der Waals surface area contributed by atoms with E-state index in [1.54, 1.807) is 0 Å². The number of para-hydroxylation sites is 2. The Labute approximate surface area is 224 Å². The van der Waals surface area contributed by atoms with Gasteiger partial charge in [-0.15, -0.1) is 0 Å². The van der Waals surface area contributed by atoms with Crippen LogP contribution in [0.15, 0.2) is 142 Å². The smallest absolute Gasteiger partial charge is 0.154 e. The molecular formula is C35H22N2O2. The van der Waals surface area contributed by atoms with Gasteiger partial charge in [0.05, 0.1) is 11.1 Å². The molecule has 8 rings (SSSR count). The standard InChI is InChI=1S/C35H22N2O2/c1-2-9-23(10-3-1)24-17-19-25(20-18-24)37(28-13-8-16-31-34(28)26-11-4-6-14-29(26)38-31)33-22-21-32-35(36-33)27-12-5-7-15-30(27)39-32/h1-22H. The zero-order valence-corrected chi connectivity index (χ0v) is 20.9. The van der Waals surface area contributed by atoms with Crippen LogP contribution in [-0.2, 0) is 0 Å². The van der Waals surface area contributed by atoms with Crippen molar-refractivity contribution in [3.8, 4) is 11.1 Å². The van der Waals surface area contributed by atoms with Crippen molar-refractivity contribution >= 4 is 61.2 Å². The fourth-order valence-electron chi connectivity index (χ4n) is 5.48. The molecule has 0 spiro atoms. The van der Waals surface area contributed by atoms with Gasteiger partial charge in [0.2, 0.25) is 0 Å². The van der Waals surface area contributed by atoms with Gasteiger partial charge in [0, 0.05) is 16.5 Å². The van der Waals surface area contributed by atoms with Crippen molar-refractivity contribution in [3.63, 3.8) is 0 Å². The Morgan fingerprint density at radius 3 is 1.92 bits per heavy atom. The third-order valence-corrected chi connectivity index (χ3v) is 7.29. The lowest BCUT2D eigenvalue weighted by molar-refractivity contribution is 0.668. The highest BCUT2D eigenvalue weighted by Crippen LogP contribution is 2.43. The molecule has 0 fully saturated rings. The van der Waals surface area contributed by atoms with Crippen LogP contribution >= 0.6 is 0 Å². The van der Waals surface area contributed by atoms with Crippen molar-refractivity contribution in [2.24, 2.45) is 0 Å². The molecule has 0 aliphatic heterocycles. The molecule has 4 heteroatoms. The van der Waals surface area contributed by atoms with Crippen LogP contribution in [-0.4, -0.2) is 4.98 Å². The summed E-state index contributed by atoms with van der Waals surface area (Å²) < 4.78 is 12.3. The van der Waals surface area contributed by atoms with E-state index in [4.69, 9.17) is 13.8 Å². The molecule has 0 atom stereocenters. The van der Waals surface area contributed by atoms with Gasteiger partial charge in [0.15, 0.2) is 5.58 Å². The quantitative estimate of drug-likeness (QED) is 0.240. The number of aromatic nitrogens is 1. The van der Waals surface area contributed by atoms with Crippen LogP contribution in [0.5, 0.6) is 0 Å². The Bertz CT molecular complexity index is 2120. The molecule has 0 aliphatic rings. The van der Waals surface area contributed by atoms with Crippen LogP contribution in [0.1, 0.15) is 0 Å². The normalized spacial score (nSPS) is 11.6. The van der Waals surface area contributed by atoms with Crippen LogP contribution in [0.4, 0.5) is 17.2 Å². The van der Waals surface area contributed by atoms with E-state index in [0.717, 1.165) is 66.8 Å². The molecule has 0 saturated carbocycles. The Balaban J connectivity index is 1.38. The first kappa shape index (κ1) is 21.7. The molecule has 3 heterocycles. The second kappa shape index (κ2) is 8.61. The van der Waals surface area contributed by atoms with Crippen molar-refractivity contribution < 1.29 is 8.83 Å². The van der Waals surface area contributed by atoms with Gasteiger partial charge in [-0.05, 0) is 65.7 Å². The predicted octanol–water partition coefficient (Wildman–Crippen LogP) is 10.0. The minimum Gasteiger partial charge on any atom is -0.456 e. The molecule has 3 aromatic heterocycles. The third-order valence-electron chi connectivity index (χ3n) is 7.29. The minimum atomic E-state index is 0.770. The second-order valence-corrected chi connectivity index (χ2v) is 9.61. The van der Waals surface area contributed by atoms with Crippen molar-refractivity contribution in [2.75, 3.05) is 4.90 Å². The number of fused-ring (bicyclic) bond motifs is 6. The van der Waals surface area contributed by atoms with Crippen LogP contribution in [0.3, 0.4) is 0 Å². The van der Waals surface area contributed by atoms with E-state index in [-0.39, 0.29) is 0 Å². The fourth-order valence-corrected chi connectivity index (χ4v) is 5.48. The number of benzene rings is 5. The molecule has 184 valence electrons. The summed E-state index contributed by atoms with van der Waals surface area (Å²) in [5.41, 5.74) is 8.51. The molecule has 5 aromatic carbocycles. The average molecular weight is 503 g/mol. The summed E-state index contributed by atoms with van der Waals surface area (Å²) in [6.07, 6.45) is 0. The highest BCUT2D eigenvalue weighted by atomic mass is 16.3. The van der Waals surface area contributed by atoms with E-state index in [2.05, 4.69) is 77.7 Å². The molecule has 0 N–H and O–H groups in total. The zero-order chi connectivity index (χ0) is 25.8. The van der Waals surface area contributed by atoms with Crippen molar-refractivity contribution in [3.05, 3.63) is 133 Å². The highest BCUT2D eigenvalue weighted by molar-refractivity contribution is 6.13. The second-order valence-electron chi connectivity index (χ2n) is 9.61. The summed E-state index contributed by atoms with van der Waals surface area (Å²) in [5, 5.41) is 3.13. The van der Waals surface area contributed by atoms with Gasteiger partial charge in [0.1, 0.15) is 28.1 Å². The van der Waals surface area contributed by atoms with E-state index in [9.17, 15) is 0 Å². The lowest BCUT2D eigenvalue weighted by Gasteiger charge is -2.25. The number of pyridine rings is 1. The molecule has 0 saturated heterocycles. The SMILES string of the molecule is c1ccc(-c2ccc(N(c3ccc4oc5ccccc5c4n3)c3cccc4oc5ccccc5c34)cc2)cc1. The summed E-state index contributed by atoms with van der Waals surface area (Å²) in [5.74, 6) is 0.805. The zero-order valence-electron chi connectivity index (χ0n) is 20.9. The molecule has 0 unspecified atom stereocenters. The maximum absolute atomic E-state index is 6.25. The summed E-state index contributed by atoms with van der Waals surface area (Å²) in [4.78, 5) is 7.38. The van der Waals surface area contributed by atoms with E-state index < -0.39 is 0 Å². The Morgan fingerprint density at radius 2 is 1.10 bits per heavy atom. The molecule has 0 aliphatic carbocycles. The number of hydrogen-bond acceptors (Lipinski definition) is 4. The summed E-state index contributed by atoms with van der Waals surface area (Å²) >= 11 is 0. The van der Waals surface area contributed by atoms with E-state index in [1.807, 2.05) is 60.7 Å². The molecule has 8 aromatic rings. The summed E-state index contributed by atoms with van der Waals surface area (Å²) in [7, 11) is 0. The largest absolute Gasteiger partial charge is 0.456 e. The van der Waals surface area contributed by atoms with Gasteiger partial charge >= 0.3 is 0 Å². The molecular weight excluding hydrogens is 480 g/mol. The van der Waals surface area contributed by atoms with Gasteiger partial charge in [-0.25, -0.2) is 4.98 Å². The first-order valence-corrected chi connectivity index (χ1v) is 13.0. The topological polar surface area (TPSA) is 42.4 Å². The monoisotopic (exact) mass is 502 g/mol.